The Kier molecular flexibility index (Phi) is 6.72. The second kappa shape index (κ2) is 8.15. The third-order valence-electron chi connectivity index (χ3n) is 4.40. The van der Waals surface area contributed by atoms with Gasteiger partial charge in [0, 0.05) is 13.5 Å². The fraction of sp³-hybridized carbons (Fsp3) is 1.00. The highest BCUT2D eigenvalue weighted by Gasteiger charge is 2.47. The lowest BCUT2D eigenvalue weighted by atomic mass is 9.97. The number of hydrogen-bond acceptors (Lipinski definition) is 9. The molecule has 0 bridgehead atoms. The molecule has 0 aromatic rings. The Hall–Kier alpha value is -0.360. The average Bonchev–Trinajstić information content (AvgIpc) is 2.54. The average molecular weight is 338 g/mol. The van der Waals surface area contributed by atoms with Gasteiger partial charge in [-0.05, 0) is 6.92 Å². The van der Waals surface area contributed by atoms with Crippen molar-refractivity contribution in [1.29, 1.82) is 0 Å². The van der Waals surface area contributed by atoms with Crippen molar-refractivity contribution in [2.24, 2.45) is 0 Å². The number of aliphatic hydroxyl groups is 5. The largest absolute Gasteiger partial charge is 0.394 e. The summed E-state index contributed by atoms with van der Waals surface area (Å²) in [4.78, 5) is 0. The van der Waals surface area contributed by atoms with E-state index in [1.807, 2.05) is 0 Å². The molecule has 2 saturated heterocycles. The highest BCUT2D eigenvalue weighted by atomic mass is 16.7. The Morgan fingerprint density at radius 2 is 1.65 bits per heavy atom. The van der Waals surface area contributed by atoms with E-state index in [-0.39, 0.29) is 13.0 Å². The maximum atomic E-state index is 10.1. The standard InChI is InChI=1S/C14H26O9/c1-6-7(17)3-8(9(4-15)21-6)22-14-12(19)11(18)13(20-2)10(5-16)23-14/h6-19H,3-5H2,1-2H3/t6-,7-,8-,9?,10-,11?,12?,13+,14+/m0/s1. The molecular weight excluding hydrogens is 312 g/mol. The van der Waals surface area contributed by atoms with Crippen molar-refractivity contribution in [3.63, 3.8) is 0 Å². The summed E-state index contributed by atoms with van der Waals surface area (Å²) in [5.74, 6) is 0. The molecule has 136 valence electrons. The van der Waals surface area contributed by atoms with E-state index in [0.717, 1.165) is 0 Å². The monoisotopic (exact) mass is 338 g/mol. The number of methoxy groups -OCH3 is 1. The smallest absolute Gasteiger partial charge is 0.187 e. The van der Waals surface area contributed by atoms with Crippen LogP contribution in [-0.4, -0.2) is 101 Å². The third-order valence-corrected chi connectivity index (χ3v) is 4.40. The first kappa shape index (κ1) is 19.0. The van der Waals surface area contributed by atoms with E-state index in [2.05, 4.69) is 0 Å². The van der Waals surface area contributed by atoms with Crippen molar-refractivity contribution in [2.45, 2.75) is 68.5 Å². The maximum absolute atomic E-state index is 10.1. The van der Waals surface area contributed by atoms with E-state index < -0.39 is 61.7 Å². The van der Waals surface area contributed by atoms with Crippen LogP contribution in [0, 0.1) is 0 Å². The number of hydrogen-bond donors (Lipinski definition) is 5. The highest BCUT2D eigenvalue weighted by molar-refractivity contribution is 4.92. The van der Waals surface area contributed by atoms with Crippen molar-refractivity contribution in [2.75, 3.05) is 20.3 Å². The first-order valence-electron chi connectivity index (χ1n) is 7.68. The SMILES string of the molecule is CO[C@H]1C(O)C(O)[C@H](O[C@H]2C[C@H](O)[C@H](C)OC2CO)O[C@H]1CO. The molecular formula is C14H26O9. The minimum absolute atomic E-state index is 0.187. The summed E-state index contributed by atoms with van der Waals surface area (Å²) < 4.78 is 21.6. The molecule has 9 heteroatoms. The van der Waals surface area contributed by atoms with Gasteiger partial charge in [0.25, 0.3) is 0 Å². The zero-order valence-electron chi connectivity index (χ0n) is 13.2. The molecule has 2 rings (SSSR count). The molecule has 23 heavy (non-hydrogen) atoms. The quantitative estimate of drug-likeness (QED) is 0.364. The van der Waals surface area contributed by atoms with Gasteiger partial charge in [0.2, 0.25) is 0 Å². The predicted octanol–water partition coefficient (Wildman–Crippen LogP) is -2.64. The summed E-state index contributed by atoms with van der Waals surface area (Å²) in [5.41, 5.74) is 0. The molecule has 0 aliphatic carbocycles. The molecule has 0 spiro atoms. The molecule has 0 saturated carbocycles. The third kappa shape index (κ3) is 4.01. The predicted molar refractivity (Wildman–Crippen MR) is 75.5 cm³/mol. The summed E-state index contributed by atoms with van der Waals surface area (Å²) in [6.45, 7) is 0.938. The molecule has 2 aliphatic rings. The molecule has 5 N–H and O–H groups in total. The fourth-order valence-electron chi connectivity index (χ4n) is 2.97. The van der Waals surface area contributed by atoms with Crippen molar-refractivity contribution >= 4 is 0 Å². The Morgan fingerprint density at radius 3 is 2.22 bits per heavy atom. The maximum Gasteiger partial charge on any atom is 0.187 e. The van der Waals surface area contributed by atoms with Gasteiger partial charge in [0.05, 0.1) is 31.5 Å². The Labute approximate surface area is 134 Å². The fourth-order valence-corrected chi connectivity index (χ4v) is 2.97. The second-order valence-electron chi connectivity index (χ2n) is 5.95. The molecule has 9 nitrogen and oxygen atoms in total. The Morgan fingerprint density at radius 1 is 1.00 bits per heavy atom. The van der Waals surface area contributed by atoms with Crippen LogP contribution in [0.5, 0.6) is 0 Å². The van der Waals surface area contributed by atoms with E-state index >= 15 is 0 Å². The molecule has 2 fully saturated rings. The lowest BCUT2D eigenvalue weighted by Crippen LogP contribution is -2.61. The summed E-state index contributed by atoms with van der Waals surface area (Å²) in [7, 11) is 1.34. The van der Waals surface area contributed by atoms with Gasteiger partial charge in [0.1, 0.15) is 30.5 Å². The van der Waals surface area contributed by atoms with Crippen LogP contribution in [0.1, 0.15) is 13.3 Å². The van der Waals surface area contributed by atoms with E-state index in [9.17, 15) is 25.5 Å². The Balaban J connectivity index is 2.05. The van der Waals surface area contributed by atoms with Crippen LogP contribution in [0.4, 0.5) is 0 Å². The van der Waals surface area contributed by atoms with Crippen LogP contribution in [0.2, 0.25) is 0 Å². The normalized spacial score (nSPS) is 48.4. The molecule has 2 heterocycles. The van der Waals surface area contributed by atoms with E-state index in [1.54, 1.807) is 6.92 Å². The summed E-state index contributed by atoms with van der Waals surface area (Å²) in [5, 5.41) is 48.8. The van der Waals surface area contributed by atoms with Crippen molar-refractivity contribution in [3.05, 3.63) is 0 Å². The zero-order valence-corrected chi connectivity index (χ0v) is 13.2. The van der Waals surface area contributed by atoms with Crippen molar-refractivity contribution < 1.29 is 44.5 Å². The number of rotatable bonds is 5. The van der Waals surface area contributed by atoms with Crippen LogP contribution < -0.4 is 0 Å². The highest BCUT2D eigenvalue weighted by Crippen LogP contribution is 2.29. The minimum Gasteiger partial charge on any atom is -0.394 e. The molecule has 2 aliphatic heterocycles. The summed E-state index contributed by atoms with van der Waals surface area (Å²) in [6, 6.07) is 0. The van der Waals surface area contributed by atoms with Gasteiger partial charge in [-0.2, -0.15) is 0 Å². The second-order valence-corrected chi connectivity index (χ2v) is 5.95. The summed E-state index contributed by atoms with van der Waals surface area (Å²) >= 11 is 0. The van der Waals surface area contributed by atoms with Gasteiger partial charge in [-0.3, -0.25) is 0 Å². The van der Waals surface area contributed by atoms with Gasteiger partial charge in [-0.25, -0.2) is 0 Å². The first-order chi connectivity index (χ1) is 10.9. The molecule has 0 radical (unpaired) electrons. The van der Waals surface area contributed by atoms with Crippen molar-refractivity contribution in [3.8, 4) is 0 Å². The molecule has 9 atom stereocenters. The topological polar surface area (TPSA) is 138 Å². The van der Waals surface area contributed by atoms with Gasteiger partial charge < -0.3 is 44.5 Å². The Bertz CT molecular complexity index is 366. The number of aliphatic hydroxyl groups excluding tert-OH is 5. The molecule has 0 aromatic heterocycles. The van der Waals surface area contributed by atoms with Gasteiger partial charge in [-0.1, -0.05) is 0 Å². The zero-order chi connectivity index (χ0) is 17.1. The first-order valence-corrected chi connectivity index (χ1v) is 7.68. The van der Waals surface area contributed by atoms with Gasteiger partial charge in [-0.15, -0.1) is 0 Å². The van der Waals surface area contributed by atoms with Gasteiger partial charge >= 0.3 is 0 Å². The lowest BCUT2D eigenvalue weighted by Gasteiger charge is -2.44. The van der Waals surface area contributed by atoms with Crippen LogP contribution in [-0.2, 0) is 18.9 Å². The van der Waals surface area contributed by atoms with Crippen LogP contribution in [0.25, 0.3) is 0 Å². The van der Waals surface area contributed by atoms with Crippen molar-refractivity contribution in [1.82, 2.24) is 0 Å². The van der Waals surface area contributed by atoms with E-state index in [4.69, 9.17) is 18.9 Å². The summed E-state index contributed by atoms with van der Waals surface area (Å²) in [6.07, 6.45) is -8.17. The van der Waals surface area contributed by atoms with Crippen LogP contribution >= 0.6 is 0 Å². The molecule has 3 unspecified atom stereocenters. The lowest BCUT2D eigenvalue weighted by molar-refractivity contribution is -0.330. The van der Waals surface area contributed by atoms with Crippen LogP contribution in [0.3, 0.4) is 0 Å². The van der Waals surface area contributed by atoms with E-state index in [0.29, 0.717) is 0 Å². The van der Waals surface area contributed by atoms with Gasteiger partial charge in [0.15, 0.2) is 6.29 Å². The molecule has 0 aromatic carbocycles. The molecule has 0 amide bonds. The minimum atomic E-state index is -1.40. The van der Waals surface area contributed by atoms with Crippen LogP contribution in [0.15, 0.2) is 0 Å². The van der Waals surface area contributed by atoms with E-state index in [1.165, 1.54) is 7.11 Å². The number of ether oxygens (including phenoxy) is 4.